The molecule has 0 atom stereocenters. The van der Waals surface area contributed by atoms with Gasteiger partial charge in [-0.25, -0.2) is 4.39 Å². The van der Waals surface area contributed by atoms with Gasteiger partial charge in [0.15, 0.2) is 0 Å². The second-order valence-electron chi connectivity index (χ2n) is 3.80. The lowest BCUT2D eigenvalue weighted by molar-refractivity contribution is 0.313. The summed E-state index contributed by atoms with van der Waals surface area (Å²) in [5, 5.41) is 3.22. The van der Waals surface area contributed by atoms with E-state index in [4.69, 9.17) is 4.74 Å². The fraction of sp³-hybridized carbons (Fsp3) is 0.214. The number of benzene rings is 1. The third kappa shape index (κ3) is 4.14. The molecular weight excluding hydrogens is 231 g/mol. The number of hydrogen-bond donors (Lipinski definition) is 1. The first-order valence-electron chi connectivity index (χ1n) is 5.83. The van der Waals surface area contributed by atoms with Crippen molar-refractivity contribution in [3.63, 3.8) is 0 Å². The number of ether oxygens (including phenoxy) is 1. The summed E-state index contributed by atoms with van der Waals surface area (Å²) in [5.41, 5.74) is 0.999. The maximum atomic E-state index is 12.6. The normalized spacial score (nSPS) is 10.3. The van der Waals surface area contributed by atoms with Crippen LogP contribution < -0.4 is 10.1 Å². The minimum absolute atomic E-state index is 0.254. The summed E-state index contributed by atoms with van der Waals surface area (Å²) in [6, 6.07) is 11.8. The third-order valence-electron chi connectivity index (χ3n) is 2.39. The average Bonchev–Trinajstić information content (AvgIpc) is 2.42. The van der Waals surface area contributed by atoms with Crippen LogP contribution in [0.25, 0.3) is 0 Å². The second kappa shape index (κ2) is 6.71. The molecular formula is C14H15FN2O. The molecule has 0 unspecified atom stereocenters. The van der Waals surface area contributed by atoms with Crippen LogP contribution in [0.4, 0.5) is 4.39 Å². The van der Waals surface area contributed by atoms with Crippen LogP contribution in [-0.4, -0.2) is 18.1 Å². The molecule has 0 aliphatic rings. The number of halogens is 1. The van der Waals surface area contributed by atoms with Gasteiger partial charge in [-0.05, 0) is 36.4 Å². The molecule has 18 heavy (non-hydrogen) atoms. The SMILES string of the molecule is Fc1ccc(OCCNCc2ccccn2)cc1. The quantitative estimate of drug-likeness (QED) is 0.795. The summed E-state index contributed by atoms with van der Waals surface area (Å²) < 4.78 is 18.1. The van der Waals surface area contributed by atoms with Crippen molar-refractivity contribution in [1.29, 1.82) is 0 Å². The number of hydrogen-bond acceptors (Lipinski definition) is 3. The van der Waals surface area contributed by atoms with Gasteiger partial charge in [0.05, 0.1) is 5.69 Å². The highest BCUT2D eigenvalue weighted by atomic mass is 19.1. The van der Waals surface area contributed by atoms with E-state index in [-0.39, 0.29) is 5.82 Å². The zero-order chi connectivity index (χ0) is 12.6. The molecule has 1 N–H and O–H groups in total. The molecule has 2 rings (SSSR count). The monoisotopic (exact) mass is 246 g/mol. The Hall–Kier alpha value is -1.94. The van der Waals surface area contributed by atoms with Crippen molar-refractivity contribution >= 4 is 0 Å². The minimum Gasteiger partial charge on any atom is -0.492 e. The van der Waals surface area contributed by atoms with Gasteiger partial charge in [-0.2, -0.15) is 0 Å². The first-order chi connectivity index (χ1) is 8.84. The fourth-order valence-electron chi connectivity index (χ4n) is 1.49. The van der Waals surface area contributed by atoms with Crippen LogP contribution in [0, 0.1) is 5.82 Å². The van der Waals surface area contributed by atoms with E-state index < -0.39 is 0 Å². The largest absolute Gasteiger partial charge is 0.492 e. The Morgan fingerprint density at radius 1 is 1.11 bits per heavy atom. The number of nitrogens with zero attached hydrogens (tertiary/aromatic N) is 1. The van der Waals surface area contributed by atoms with Gasteiger partial charge in [-0.15, -0.1) is 0 Å². The molecule has 94 valence electrons. The average molecular weight is 246 g/mol. The molecule has 3 nitrogen and oxygen atoms in total. The number of aromatic nitrogens is 1. The molecule has 0 fully saturated rings. The zero-order valence-corrected chi connectivity index (χ0v) is 9.97. The molecule has 0 saturated heterocycles. The predicted molar refractivity (Wildman–Crippen MR) is 67.8 cm³/mol. The highest BCUT2D eigenvalue weighted by Crippen LogP contribution is 2.10. The molecule has 4 heteroatoms. The molecule has 1 aromatic heterocycles. The van der Waals surface area contributed by atoms with Crippen molar-refractivity contribution in [3.05, 3.63) is 60.2 Å². The Morgan fingerprint density at radius 2 is 1.94 bits per heavy atom. The summed E-state index contributed by atoms with van der Waals surface area (Å²) in [6.07, 6.45) is 1.77. The van der Waals surface area contributed by atoms with Gasteiger partial charge in [-0.1, -0.05) is 6.07 Å². The minimum atomic E-state index is -0.254. The van der Waals surface area contributed by atoms with Crippen molar-refractivity contribution in [2.24, 2.45) is 0 Å². The Labute approximate surface area is 106 Å². The number of pyridine rings is 1. The highest BCUT2D eigenvalue weighted by molar-refractivity contribution is 5.21. The van der Waals surface area contributed by atoms with Crippen LogP contribution in [0.2, 0.25) is 0 Å². The topological polar surface area (TPSA) is 34.1 Å². The van der Waals surface area contributed by atoms with Gasteiger partial charge >= 0.3 is 0 Å². The Balaban J connectivity index is 1.63. The molecule has 2 aromatic rings. The molecule has 0 amide bonds. The van der Waals surface area contributed by atoms with Gasteiger partial charge in [0.25, 0.3) is 0 Å². The van der Waals surface area contributed by atoms with E-state index in [2.05, 4.69) is 10.3 Å². The Kier molecular flexibility index (Phi) is 4.67. The first kappa shape index (κ1) is 12.5. The van der Waals surface area contributed by atoms with E-state index in [1.54, 1.807) is 18.3 Å². The van der Waals surface area contributed by atoms with Crippen LogP contribution in [0.15, 0.2) is 48.7 Å². The molecule has 0 aliphatic heterocycles. The summed E-state index contributed by atoms with van der Waals surface area (Å²) in [4.78, 5) is 4.20. The van der Waals surface area contributed by atoms with Crippen LogP contribution in [-0.2, 0) is 6.54 Å². The van der Waals surface area contributed by atoms with E-state index in [0.29, 0.717) is 25.4 Å². The van der Waals surface area contributed by atoms with Crippen LogP contribution in [0.1, 0.15) is 5.69 Å². The van der Waals surface area contributed by atoms with Crippen molar-refractivity contribution in [1.82, 2.24) is 10.3 Å². The van der Waals surface area contributed by atoms with Gasteiger partial charge in [-0.3, -0.25) is 4.98 Å². The molecule has 1 heterocycles. The lowest BCUT2D eigenvalue weighted by Gasteiger charge is -2.07. The van der Waals surface area contributed by atoms with Crippen molar-refractivity contribution in [2.75, 3.05) is 13.2 Å². The van der Waals surface area contributed by atoms with Crippen molar-refractivity contribution in [2.45, 2.75) is 6.54 Å². The summed E-state index contributed by atoms with van der Waals surface area (Å²) >= 11 is 0. The molecule has 0 saturated carbocycles. The van der Waals surface area contributed by atoms with E-state index in [1.165, 1.54) is 12.1 Å². The van der Waals surface area contributed by atoms with E-state index in [9.17, 15) is 4.39 Å². The summed E-state index contributed by atoms with van der Waals surface area (Å²) in [6.45, 7) is 1.97. The summed E-state index contributed by atoms with van der Waals surface area (Å²) in [5.74, 6) is 0.423. The maximum Gasteiger partial charge on any atom is 0.123 e. The van der Waals surface area contributed by atoms with Crippen LogP contribution in [0.3, 0.4) is 0 Å². The lowest BCUT2D eigenvalue weighted by atomic mass is 10.3. The number of nitrogens with one attached hydrogen (secondary N) is 1. The van der Waals surface area contributed by atoms with Gasteiger partial charge < -0.3 is 10.1 Å². The smallest absolute Gasteiger partial charge is 0.123 e. The fourth-order valence-corrected chi connectivity index (χ4v) is 1.49. The van der Waals surface area contributed by atoms with Crippen molar-refractivity contribution in [3.8, 4) is 5.75 Å². The van der Waals surface area contributed by atoms with Gasteiger partial charge in [0.2, 0.25) is 0 Å². The van der Waals surface area contributed by atoms with E-state index >= 15 is 0 Å². The number of rotatable bonds is 6. The molecule has 0 aliphatic carbocycles. The van der Waals surface area contributed by atoms with Crippen LogP contribution in [0.5, 0.6) is 5.75 Å². The lowest BCUT2D eigenvalue weighted by Crippen LogP contribution is -2.21. The molecule has 0 spiro atoms. The molecule has 0 bridgehead atoms. The van der Waals surface area contributed by atoms with Gasteiger partial charge in [0.1, 0.15) is 18.2 Å². The second-order valence-corrected chi connectivity index (χ2v) is 3.80. The van der Waals surface area contributed by atoms with E-state index in [1.807, 2.05) is 18.2 Å². The maximum absolute atomic E-state index is 12.6. The first-order valence-corrected chi connectivity index (χ1v) is 5.83. The highest BCUT2D eigenvalue weighted by Gasteiger charge is 1.95. The molecule has 1 aromatic carbocycles. The Bertz CT molecular complexity index is 459. The molecule has 0 radical (unpaired) electrons. The Morgan fingerprint density at radius 3 is 2.67 bits per heavy atom. The van der Waals surface area contributed by atoms with Gasteiger partial charge in [0, 0.05) is 19.3 Å². The zero-order valence-electron chi connectivity index (χ0n) is 9.97. The third-order valence-corrected chi connectivity index (χ3v) is 2.39. The van der Waals surface area contributed by atoms with E-state index in [0.717, 1.165) is 5.69 Å². The predicted octanol–water partition coefficient (Wildman–Crippen LogP) is 2.39. The standard InChI is InChI=1S/C14H15FN2O/c15-12-4-6-14(7-5-12)18-10-9-16-11-13-3-1-2-8-17-13/h1-8,16H,9-11H2. The summed E-state index contributed by atoms with van der Waals surface area (Å²) in [7, 11) is 0. The van der Waals surface area contributed by atoms with Crippen LogP contribution >= 0.6 is 0 Å². The van der Waals surface area contributed by atoms with Crippen molar-refractivity contribution < 1.29 is 9.13 Å².